The van der Waals surface area contributed by atoms with E-state index in [0.29, 0.717) is 12.2 Å². The molecule has 0 aliphatic carbocycles. The first-order valence-electron chi connectivity index (χ1n) is 7.68. The van der Waals surface area contributed by atoms with E-state index in [1.165, 1.54) is 29.0 Å². The minimum absolute atomic E-state index is 0.0364. The van der Waals surface area contributed by atoms with Gasteiger partial charge in [-0.3, -0.25) is 9.59 Å². The summed E-state index contributed by atoms with van der Waals surface area (Å²) in [5.74, 6) is -2.05. The number of carbonyl (C=O) groups excluding carboxylic acids is 1. The lowest BCUT2D eigenvalue weighted by Crippen LogP contribution is -2.29. The topological polar surface area (TPSA) is 72.7 Å². The highest BCUT2D eigenvalue weighted by Crippen LogP contribution is 2.22. The quantitative estimate of drug-likeness (QED) is 0.922. The van der Waals surface area contributed by atoms with Crippen LogP contribution in [0.3, 0.4) is 0 Å². The fourth-order valence-electron chi connectivity index (χ4n) is 2.51. The Morgan fingerprint density at radius 3 is 2.72 bits per heavy atom. The number of oxime groups is 1. The lowest BCUT2D eigenvalue weighted by molar-refractivity contribution is -0.125. The molecule has 1 unspecified atom stereocenters. The van der Waals surface area contributed by atoms with Gasteiger partial charge in [-0.1, -0.05) is 11.2 Å². The van der Waals surface area contributed by atoms with E-state index in [4.69, 9.17) is 4.84 Å². The summed E-state index contributed by atoms with van der Waals surface area (Å²) >= 11 is 0. The van der Waals surface area contributed by atoms with Crippen LogP contribution in [-0.4, -0.2) is 22.3 Å². The Balaban J connectivity index is 1.71. The molecule has 6 nitrogen and oxygen atoms in total. The van der Waals surface area contributed by atoms with Crippen molar-refractivity contribution in [3.8, 4) is 0 Å². The number of carbonyl (C=O) groups is 1. The van der Waals surface area contributed by atoms with E-state index < -0.39 is 23.6 Å². The van der Waals surface area contributed by atoms with Crippen LogP contribution in [0, 0.1) is 11.6 Å². The maximum Gasteiger partial charge on any atom is 0.268 e. The van der Waals surface area contributed by atoms with Crippen molar-refractivity contribution >= 4 is 17.3 Å². The SMILES string of the molecule is CCn1cc(NC(=O)C2CC(c3c(F)cccc3F)=NO2)ccc1=O. The largest absolute Gasteiger partial charge is 0.382 e. The number of halogens is 2. The van der Waals surface area contributed by atoms with Gasteiger partial charge in [0.05, 0.1) is 17.0 Å². The van der Waals surface area contributed by atoms with Crippen molar-refractivity contribution in [1.82, 2.24) is 4.57 Å². The van der Waals surface area contributed by atoms with Gasteiger partial charge in [0.15, 0.2) is 0 Å². The zero-order valence-corrected chi connectivity index (χ0v) is 13.3. The highest BCUT2D eigenvalue weighted by atomic mass is 19.1. The van der Waals surface area contributed by atoms with Crippen LogP contribution in [0.25, 0.3) is 0 Å². The summed E-state index contributed by atoms with van der Waals surface area (Å²) in [5.41, 5.74) is -0.0227. The minimum Gasteiger partial charge on any atom is -0.382 e. The summed E-state index contributed by atoms with van der Waals surface area (Å²) in [4.78, 5) is 28.8. The predicted molar refractivity (Wildman–Crippen MR) is 87.4 cm³/mol. The number of amides is 1. The number of rotatable bonds is 4. The molecule has 0 radical (unpaired) electrons. The monoisotopic (exact) mass is 347 g/mol. The van der Waals surface area contributed by atoms with Crippen molar-refractivity contribution in [1.29, 1.82) is 0 Å². The minimum atomic E-state index is -1.00. The number of pyridine rings is 1. The molecule has 1 atom stereocenters. The molecular weight excluding hydrogens is 332 g/mol. The first-order chi connectivity index (χ1) is 12.0. The number of nitrogens with zero attached hydrogens (tertiary/aromatic N) is 2. The summed E-state index contributed by atoms with van der Waals surface area (Å²) < 4.78 is 29.0. The third kappa shape index (κ3) is 3.42. The van der Waals surface area contributed by atoms with Crippen molar-refractivity contribution in [2.75, 3.05) is 5.32 Å². The van der Waals surface area contributed by atoms with E-state index in [-0.39, 0.29) is 23.3 Å². The molecule has 25 heavy (non-hydrogen) atoms. The molecule has 2 heterocycles. The maximum absolute atomic E-state index is 13.8. The summed E-state index contributed by atoms with van der Waals surface area (Å²) in [6.07, 6.45) is 0.445. The van der Waals surface area contributed by atoms with Crippen LogP contribution < -0.4 is 10.9 Å². The molecule has 8 heteroatoms. The molecule has 0 bridgehead atoms. The van der Waals surface area contributed by atoms with Crippen molar-refractivity contribution < 1.29 is 18.4 Å². The molecule has 3 rings (SSSR count). The van der Waals surface area contributed by atoms with Gasteiger partial charge >= 0.3 is 0 Å². The van der Waals surface area contributed by atoms with Crippen LogP contribution in [0.5, 0.6) is 0 Å². The van der Waals surface area contributed by atoms with Gasteiger partial charge in [0, 0.05) is 25.2 Å². The summed E-state index contributed by atoms with van der Waals surface area (Å²) in [5, 5.41) is 6.24. The van der Waals surface area contributed by atoms with E-state index in [1.54, 1.807) is 6.92 Å². The van der Waals surface area contributed by atoms with Crippen LogP contribution in [0.1, 0.15) is 18.9 Å². The Hall–Kier alpha value is -3.03. The summed E-state index contributed by atoms with van der Waals surface area (Å²) in [6, 6.07) is 6.28. The number of hydrogen-bond acceptors (Lipinski definition) is 4. The number of anilines is 1. The van der Waals surface area contributed by atoms with Gasteiger partial charge in [-0.15, -0.1) is 0 Å². The fraction of sp³-hybridized carbons (Fsp3) is 0.235. The van der Waals surface area contributed by atoms with E-state index >= 15 is 0 Å². The van der Waals surface area contributed by atoms with Gasteiger partial charge in [-0.05, 0) is 25.1 Å². The second-order valence-electron chi connectivity index (χ2n) is 5.46. The summed E-state index contributed by atoms with van der Waals surface area (Å²) in [6.45, 7) is 2.26. The third-order valence-electron chi connectivity index (χ3n) is 3.80. The Bertz CT molecular complexity index is 888. The lowest BCUT2D eigenvalue weighted by atomic mass is 10.0. The Labute approximate surface area is 141 Å². The zero-order chi connectivity index (χ0) is 18.0. The summed E-state index contributed by atoms with van der Waals surface area (Å²) in [7, 11) is 0. The third-order valence-corrected chi connectivity index (χ3v) is 3.80. The van der Waals surface area contributed by atoms with Crippen LogP contribution in [0.4, 0.5) is 14.5 Å². The Kier molecular flexibility index (Phi) is 4.60. The number of hydrogen-bond donors (Lipinski definition) is 1. The molecule has 0 spiro atoms. The number of nitrogens with one attached hydrogen (secondary N) is 1. The lowest BCUT2D eigenvalue weighted by Gasteiger charge is -2.11. The molecule has 1 N–H and O–H groups in total. The van der Waals surface area contributed by atoms with Crippen molar-refractivity contribution in [2.24, 2.45) is 5.16 Å². The molecule has 0 saturated carbocycles. The molecule has 2 aromatic rings. The van der Waals surface area contributed by atoms with Crippen molar-refractivity contribution in [3.05, 3.63) is 64.1 Å². The first-order valence-corrected chi connectivity index (χ1v) is 7.68. The smallest absolute Gasteiger partial charge is 0.268 e. The molecule has 130 valence electrons. The molecule has 1 aliphatic heterocycles. The molecular formula is C17H15F2N3O3. The van der Waals surface area contributed by atoms with Gasteiger partial charge in [0.25, 0.3) is 11.5 Å². The van der Waals surface area contributed by atoms with Gasteiger partial charge in [0.2, 0.25) is 6.10 Å². The maximum atomic E-state index is 13.8. The van der Waals surface area contributed by atoms with Gasteiger partial charge in [-0.25, -0.2) is 8.78 Å². The fourth-order valence-corrected chi connectivity index (χ4v) is 2.51. The molecule has 1 aromatic heterocycles. The van der Waals surface area contributed by atoms with Crippen LogP contribution in [0.15, 0.2) is 46.5 Å². The average molecular weight is 347 g/mol. The van der Waals surface area contributed by atoms with Crippen LogP contribution in [-0.2, 0) is 16.2 Å². The second kappa shape index (κ2) is 6.84. The molecule has 1 aromatic carbocycles. The number of aromatic nitrogens is 1. The first kappa shape index (κ1) is 16.8. The average Bonchev–Trinajstić information content (AvgIpc) is 3.06. The highest BCUT2D eigenvalue weighted by molar-refractivity contribution is 6.06. The van der Waals surface area contributed by atoms with Crippen LogP contribution >= 0.6 is 0 Å². The van der Waals surface area contributed by atoms with Gasteiger partial charge in [0.1, 0.15) is 11.6 Å². The van der Waals surface area contributed by atoms with Crippen LogP contribution in [0.2, 0.25) is 0 Å². The Morgan fingerprint density at radius 1 is 1.32 bits per heavy atom. The molecule has 1 amide bonds. The van der Waals surface area contributed by atoms with E-state index in [0.717, 1.165) is 12.1 Å². The number of aryl methyl sites for hydroxylation is 1. The highest BCUT2D eigenvalue weighted by Gasteiger charge is 2.31. The predicted octanol–water partition coefficient (Wildman–Crippen LogP) is 2.28. The molecule has 0 saturated heterocycles. The normalized spacial score (nSPS) is 16.3. The van der Waals surface area contributed by atoms with E-state index in [9.17, 15) is 18.4 Å². The van der Waals surface area contributed by atoms with Crippen molar-refractivity contribution in [2.45, 2.75) is 26.0 Å². The van der Waals surface area contributed by atoms with Gasteiger partial charge < -0.3 is 14.7 Å². The standard InChI is InChI=1S/C17H15F2N3O3/c1-2-22-9-10(6-7-15(22)23)20-17(24)14-8-13(21-25-14)16-11(18)4-3-5-12(16)19/h3-7,9,14H,2,8H2,1H3,(H,20,24). The second-order valence-corrected chi connectivity index (χ2v) is 5.46. The number of benzene rings is 1. The van der Waals surface area contributed by atoms with Crippen molar-refractivity contribution in [3.63, 3.8) is 0 Å². The Morgan fingerprint density at radius 2 is 2.04 bits per heavy atom. The van der Waals surface area contributed by atoms with E-state index in [1.807, 2.05) is 0 Å². The van der Waals surface area contributed by atoms with E-state index in [2.05, 4.69) is 10.5 Å². The van der Waals surface area contributed by atoms with Gasteiger partial charge in [-0.2, -0.15) is 0 Å². The molecule has 1 aliphatic rings. The molecule has 0 fully saturated rings. The zero-order valence-electron chi connectivity index (χ0n) is 13.3.